The number of benzene rings is 1. The molecule has 2 aromatic rings. The molecule has 21 heavy (non-hydrogen) atoms. The minimum absolute atomic E-state index is 0.0778. The van der Waals surface area contributed by atoms with E-state index in [2.05, 4.69) is 15.7 Å². The summed E-state index contributed by atoms with van der Waals surface area (Å²) < 4.78 is 0. The maximum atomic E-state index is 12.0. The van der Waals surface area contributed by atoms with Crippen LogP contribution in [-0.4, -0.2) is 15.8 Å². The highest BCUT2D eigenvalue weighted by atomic mass is 16.6. The fourth-order valence-corrected chi connectivity index (χ4v) is 1.74. The molecule has 1 aromatic carbocycles. The molecule has 0 saturated heterocycles. The van der Waals surface area contributed by atoms with Gasteiger partial charge in [0.25, 0.3) is 11.6 Å². The Labute approximate surface area is 120 Å². The number of pyridine rings is 1. The summed E-state index contributed by atoms with van der Waals surface area (Å²) in [6, 6.07) is 7.53. The van der Waals surface area contributed by atoms with Crippen LogP contribution in [0.25, 0.3) is 0 Å². The van der Waals surface area contributed by atoms with Crippen LogP contribution in [0.4, 0.5) is 11.4 Å². The van der Waals surface area contributed by atoms with Crippen molar-refractivity contribution in [3.63, 3.8) is 0 Å². The number of nitro benzene ring substituents is 1. The van der Waals surface area contributed by atoms with Crippen molar-refractivity contribution in [3.05, 3.63) is 64.0 Å². The maximum Gasteiger partial charge on any atom is 0.293 e. The van der Waals surface area contributed by atoms with Crippen LogP contribution in [0.5, 0.6) is 0 Å². The van der Waals surface area contributed by atoms with E-state index in [0.29, 0.717) is 6.54 Å². The van der Waals surface area contributed by atoms with Gasteiger partial charge in [-0.2, -0.15) is 0 Å². The highest BCUT2D eigenvalue weighted by Crippen LogP contribution is 2.24. The Morgan fingerprint density at radius 2 is 2.19 bits per heavy atom. The number of hydrazine groups is 1. The van der Waals surface area contributed by atoms with Crippen molar-refractivity contribution in [2.24, 2.45) is 5.84 Å². The second-order valence-electron chi connectivity index (χ2n) is 4.18. The molecule has 0 aliphatic heterocycles. The fourth-order valence-electron chi connectivity index (χ4n) is 1.74. The third-order valence-corrected chi connectivity index (χ3v) is 2.79. The summed E-state index contributed by atoms with van der Waals surface area (Å²) in [5.41, 5.74) is 3.23. The van der Waals surface area contributed by atoms with Crippen LogP contribution in [0.2, 0.25) is 0 Å². The molecule has 0 spiro atoms. The number of amides is 1. The highest BCUT2D eigenvalue weighted by Gasteiger charge is 2.15. The smallest absolute Gasteiger partial charge is 0.293 e. The van der Waals surface area contributed by atoms with Crippen molar-refractivity contribution in [2.45, 2.75) is 6.54 Å². The van der Waals surface area contributed by atoms with Gasteiger partial charge in [0.15, 0.2) is 0 Å². The number of anilines is 1. The van der Waals surface area contributed by atoms with Gasteiger partial charge in [0.2, 0.25) is 0 Å². The van der Waals surface area contributed by atoms with Gasteiger partial charge in [-0.1, -0.05) is 6.07 Å². The predicted octanol–water partition coefficient (Wildman–Crippen LogP) is 1.21. The Bertz CT molecular complexity index is 660. The van der Waals surface area contributed by atoms with Crippen molar-refractivity contribution >= 4 is 17.3 Å². The molecule has 8 heteroatoms. The lowest BCUT2D eigenvalue weighted by Crippen LogP contribution is -2.23. The summed E-state index contributed by atoms with van der Waals surface area (Å²) in [6.45, 7) is 0.315. The van der Waals surface area contributed by atoms with E-state index in [9.17, 15) is 14.9 Å². The molecule has 0 unspecified atom stereocenters. The van der Waals surface area contributed by atoms with Gasteiger partial charge in [0, 0.05) is 30.6 Å². The Kier molecular flexibility index (Phi) is 4.42. The molecule has 4 N–H and O–H groups in total. The SMILES string of the molecule is NNc1cc(C(=O)NCc2cccnc2)ccc1[N+](=O)[O-]. The second kappa shape index (κ2) is 6.44. The van der Waals surface area contributed by atoms with Gasteiger partial charge in [-0.15, -0.1) is 0 Å². The Balaban J connectivity index is 2.11. The lowest BCUT2D eigenvalue weighted by atomic mass is 10.1. The third-order valence-electron chi connectivity index (χ3n) is 2.79. The number of carbonyl (C=O) groups is 1. The molecule has 2 rings (SSSR count). The van der Waals surface area contributed by atoms with Gasteiger partial charge >= 0.3 is 0 Å². The van der Waals surface area contributed by atoms with E-state index in [1.54, 1.807) is 18.5 Å². The van der Waals surface area contributed by atoms with Crippen molar-refractivity contribution in [3.8, 4) is 0 Å². The van der Waals surface area contributed by atoms with Crippen LogP contribution in [0, 0.1) is 10.1 Å². The standard InChI is InChI=1S/C13H13N5O3/c14-17-11-6-10(3-4-12(11)18(20)21)13(19)16-8-9-2-1-5-15-7-9/h1-7,17H,8,14H2,(H,16,19). The molecule has 0 atom stereocenters. The number of nitrogens with one attached hydrogen (secondary N) is 2. The van der Waals surface area contributed by atoms with E-state index < -0.39 is 4.92 Å². The van der Waals surface area contributed by atoms with Crippen LogP contribution in [0.1, 0.15) is 15.9 Å². The van der Waals surface area contributed by atoms with E-state index in [-0.39, 0.29) is 22.8 Å². The number of carbonyl (C=O) groups excluding carboxylic acids is 1. The minimum atomic E-state index is -0.577. The summed E-state index contributed by atoms with van der Waals surface area (Å²) in [5, 5.41) is 13.5. The molecule has 108 valence electrons. The number of hydrogen-bond acceptors (Lipinski definition) is 6. The van der Waals surface area contributed by atoms with E-state index >= 15 is 0 Å². The van der Waals surface area contributed by atoms with Gasteiger partial charge in [-0.05, 0) is 23.8 Å². The van der Waals surface area contributed by atoms with Crippen LogP contribution in [0.3, 0.4) is 0 Å². The van der Waals surface area contributed by atoms with E-state index in [4.69, 9.17) is 5.84 Å². The number of aromatic nitrogens is 1. The lowest BCUT2D eigenvalue weighted by molar-refractivity contribution is -0.384. The number of nitro groups is 1. The van der Waals surface area contributed by atoms with Crippen LogP contribution in [-0.2, 0) is 6.54 Å². The van der Waals surface area contributed by atoms with E-state index in [1.807, 2.05) is 6.07 Å². The Hall–Kier alpha value is -3.00. The third kappa shape index (κ3) is 3.51. The zero-order chi connectivity index (χ0) is 15.2. The second-order valence-corrected chi connectivity index (χ2v) is 4.18. The number of hydrogen-bond donors (Lipinski definition) is 3. The van der Waals surface area contributed by atoms with Gasteiger partial charge in [-0.25, -0.2) is 0 Å². The van der Waals surface area contributed by atoms with Crippen LogP contribution >= 0.6 is 0 Å². The van der Waals surface area contributed by atoms with E-state index in [1.165, 1.54) is 18.2 Å². The summed E-state index contributed by atoms with van der Waals surface area (Å²) in [5.74, 6) is 4.87. The maximum absolute atomic E-state index is 12.0. The van der Waals surface area contributed by atoms with E-state index in [0.717, 1.165) is 5.56 Å². The number of nitrogen functional groups attached to an aromatic ring is 1. The average molecular weight is 287 g/mol. The zero-order valence-corrected chi connectivity index (χ0v) is 10.9. The molecular formula is C13H13N5O3. The number of rotatable bonds is 5. The minimum Gasteiger partial charge on any atom is -0.348 e. The molecule has 0 radical (unpaired) electrons. The lowest BCUT2D eigenvalue weighted by Gasteiger charge is -2.07. The van der Waals surface area contributed by atoms with Crippen molar-refractivity contribution in [1.29, 1.82) is 0 Å². The van der Waals surface area contributed by atoms with Crippen LogP contribution in [0.15, 0.2) is 42.7 Å². The molecule has 0 fully saturated rings. The zero-order valence-electron chi connectivity index (χ0n) is 10.9. The summed E-state index contributed by atoms with van der Waals surface area (Å²) in [7, 11) is 0. The molecule has 1 amide bonds. The summed E-state index contributed by atoms with van der Waals surface area (Å²) in [6.07, 6.45) is 3.28. The van der Waals surface area contributed by atoms with Gasteiger partial charge < -0.3 is 10.7 Å². The molecule has 0 aliphatic rings. The molecule has 1 aromatic heterocycles. The highest BCUT2D eigenvalue weighted by molar-refractivity contribution is 5.95. The van der Waals surface area contributed by atoms with Crippen molar-refractivity contribution < 1.29 is 9.72 Å². The van der Waals surface area contributed by atoms with Crippen LogP contribution < -0.4 is 16.6 Å². The Morgan fingerprint density at radius 1 is 1.38 bits per heavy atom. The number of nitrogens with zero attached hydrogens (tertiary/aromatic N) is 2. The normalized spacial score (nSPS) is 9.95. The van der Waals surface area contributed by atoms with Crippen molar-refractivity contribution in [1.82, 2.24) is 10.3 Å². The van der Waals surface area contributed by atoms with Gasteiger partial charge in [0.1, 0.15) is 5.69 Å². The average Bonchev–Trinajstić information content (AvgIpc) is 2.52. The molecule has 8 nitrogen and oxygen atoms in total. The van der Waals surface area contributed by atoms with Gasteiger partial charge in [0.05, 0.1) is 4.92 Å². The summed E-state index contributed by atoms with van der Waals surface area (Å²) in [4.78, 5) is 26.1. The molecule has 0 aliphatic carbocycles. The molecular weight excluding hydrogens is 274 g/mol. The van der Waals surface area contributed by atoms with Crippen molar-refractivity contribution in [2.75, 3.05) is 5.43 Å². The number of nitrogens with two attached hydrogens (primary N) is 1. The quantitative estimate of drug-likeness (QED) is 0.431. The Morgan fingerprint density at radius 3 is 2.81 bits per heavy atom. The topological polar surface area (TPSA) is 123 Å². The first-order chi connectivity index (χ1) is 10.1. The fraction of sp³-hybridized carbons (Fsp3) is 0.0769. The monoisotopic (exact) mass is 287 g/mol. The molecule has 1 heterocycles. The molecule has 0 bridgehead atoms. The first-order valence-corrected chi connectivity index (χ1v) is 6.04. The first kappa shape index (κ1) is 14.4. The first-order valence-electron chi connectivity index (χ1n) is 6.04. The molecule has 0 saturated carbocycles. The largest absolute Gasteiger partial charge is 0.348 e. The summed E-state index contributed by atoms with van der Waals surface area (Å²) >= 11 is 0. The van der Waals surface area contributed by atoms with Gasteiger partial charge in [-0.3, -0.25) is 25.7 Å². The predicted molar refractivity (Wildman–Crippen MR) is 76.3 cm³/mol.